The van der Waals surface area contributed by atoms with E-state index >= 15 is 0 Å². The Kier molecular flexibility index (Phi) is 5.55. The standard InChI is InChI=1S/C25H19FN6O/c26-20-7-5-17(6-8-20)13-29-25(33)21-11-23(19-4-2-10-28-14-19)31-24-22(21)15-30-32(24)16-18-3-1-9-27-12-18/h1-12,14-15H,13,16H2,(H,29,33). The minimum Gasteiger partial charge on any atom is -0.348 e. The zero-order chi connectivity index (χ0) is 22.6. The predicted octanol–water partition coefficient (Wildman–Crippen LogP) is 4.01. The summed E-state index contributed by atoms with van der Waals surface area (Å²) in [6, 6.07) is 15.3. The molecule has 5 rings (SSSR count). The summed E-state index contributed by atoms with van der Waals surface area (Å²) in [6.45, 7) is 0.743. The zero-order valence-corrected chi connectivity index (χ0v) is 17.5. The first kappa shape index (κ1) is 20.4. The van der Waals surface area contributed by atoms with Crippen LogP contribution in [0.25, 0.3) is 22.3 Å². The van der Waals surface area contributed by atoms with Crippen LogP contribution in [0.3, 0.4) is 0 Å². The summed E-state index contributed by atoms with van der Waals surface area (Å²) < 4.78 is 14.9. The van der Waals surface area contributed by atoms with Crippen molar-refractivity contribution in [1.29, 1.82) is 0 Å². The lowest BCUT2D eigenvalue weighted by molar-refractivity contribution is 0.0952. The Morgan fingerprint density at radius 1 is 0.939 bits per heavy atom. The van der Waals surface area contributed by atoms with E-state index in [1.807, 2.05) is 24.3 Å². The van der Waals surface area contributed by atoms with Crippen LogP contribution in [0.4, 0.5) is 4.39 Å². The number of fused-ring (bicyclic) bond motifs is 1. The minimum atomic E-state index is -0.317. The van der Waals surface area contributed by atoms with Gasteiger partial charge in [0.2, 0.25) is 0 Å². The molecule has 0 radical (unpaired) electrons. The topological polar surface area (TPSA) is 85.6 Å². The number of hydrogen-bond donors (Lipinski definition) is 1. The molecule has 0 aliphatic carbocycles. The average molecular weight is 438 g/mol. The van der Waals surface area contributed by atoms with E-state index in [9.17, 15) is 9.18 Å². The summed E-state index contributed by atoms with van der Waals surface area (Å²) >= 11 is 0. The number of aromatic nitrogens is 5. The van der Waals surface area contributed by atoms with Crippen LogP contribution in [0.15, 0.2) is 85.6 Å². The Hall–Kier alpha value is -4.46. The smallest absolute Gasteiger partial charge is 0.252 e. The SMILES string of the molecule is O=C(NCc1ccc(F)cc1)c1cc(-c2cccnc2)nc2c1cnn2Cc1cccnc1. The van der Waals surface area contributed by atoms with E-state index in [1.54, 1.807) is 53.9 Å². The molecule has 1 N–H and O–H groups in total. The number of hydrogen-bond acceptors (Lipinski definition) is 5. The van der Waals surface area contributed by atoms with Crippen molar-refractivity contribution in [3.05, 3.63) is 108 Å². The quantitative estimate of drug-likeness (QED) is 0.433. The fourth-order valence-corrected chi connectivity index (χ4v) is 3.56. The Balaban J connectivity index is 1.53. The van der Waals surface area contributed by atoms with Gasteiger partial charge in [-0.15, -0.1) is 0 Å². The number of halogens is 1. The van der Waals surface area contributed by atoms with Gasteiger partial charge in [0.25, 0.3) is 5.91 Å². The number of pyridine rings is 3. The second-order valence-electron chi connectivity index (χ2n) is 7.51. The molecule has 0 saturated heterocycles. The van der Waals surface area contributed by atoms with Crippen LogP contribution in [0.2, 0.25) is 0 Å². The molecule has 4 heterocycles. The number of amides is 1. The van der Waals surface area contributed by atoms with Crippen molar-refractivity contribution in [1.82, 2.24) is 30.0 Å². The maximum Gasteiger partial charge on any atom is 0.252 e. The molecule has 8 heteroatoms. The fourth-order valence-electron chi connectivity index (χ4n) is 3.56. The molecule has 0 unspecified atom stereocenters. The molecule has 33 heavy (non-hydrogen) atoms. The van der Waals surface area contributed by atoms with Gasteiger partial charge in [-0.3, -0.25) is 14.8 Å². The molecule has 0 aliphatic heterocycles. The fraction of sp³-hybridized carbons (Fsp3) is 0.0800. The molecule has 1 amide bonds. The molecule has 0 spiro atoms. The van der Waals surface area contributed by atoms with Crippen LogP contribution in [-0.4, -0.2) is 30.6 Å². The van der Waals surface area contributed by atoms with Crippen molar-refractivity contribution in [2.45, 2.75) is 13.1 Å². The lowest BCUT2D eigenvalue weighted by atomic mass is 10.1. The summed E-state index contributed by atoms with van der Waals surface area (Å²) in [5.41, 5.74) is 4.23. The second-order valence-corrected chi connectivity index (χ2v) is 7.51. The Labute approximate surface area is 189 Å². The molecule has 0 saturated carbocycles. The van der Waals surface area contributed by atoms with Gasteiger partial charge in [-0.2, -0.15) is 5.10 Å². The van der Waals surface area contributed by atoms with Gasteiger partial charge in [0.15, 0.2) is 5.65 Å². The molecule has 0 aliphatic rings. The monoisotopic (exact) mass is 438 g/mol. The molecule has 5 aromatic rings. The molecular weight excluding hydrogens is 419 g/mol. The summed E-state index contributed by atoms with van der Waals surface area (Å²) in [5, 5.41) is 8.04. The maximum absolute atomic E-state index is 13.2. The molecule has 1 aromatic carbocycles. The number of rotatable bonds is 6. The predicted molar refractivity (Wildman–Crippen MR) is 122 cm³/mol. The van der Waals surface area contributed by atoms with Gasteiger partial charge in [0.05, 0.1) is 29.4 Å². The first-order valence-electron chi connectivity index (χ1n) is 10.4. The van der Waals surface area contributed by atoms with Gasteiger partial charge in [-0.25, -0.2) is 14.1 Å². The van der Waals surface area contributed by atoms with Gasteiger partial charge in [0, 0.05) is 36.9 Å². The van der Waals surface area contributed by atoms with E-state index in [-0.39, 0.29) is 18.3 Å². The van der Waals surface area contributed by atoms with Gasteiger partial charge < -0.3 is 5.32 Å². The van der Waals surface area contributed by atoms with E-state index in [2.05, 4.69) is 20.4 Å². The first-order chi connectivity index (χ1) is 16.2. The van der Waals surface area contributed by atoms with Crippen molar-refractivity contribution in [2.75, 3.05) is 0 Å². The Morgan fingerprint density at radius 2 is 1.73 bits per heavy atom. The van der Waals surface area contributed by atoms with E-state index < -0.39 is 0 Å². The molecule has 7 nitrogen and oxygen atoms in total. The van der Waals surface area contributed by atoms with Crippen molar-refractivity contribution in [3.63, 3.8) is 0 Å². The number of nitrogens with one attached hydrogen (secondary N) is 1. The Bertz CT molecular complexity index is 1400. The van der Waals surface area contributed by atoms with Crippen LogP contribution in [0, 0.1) is 5.82 Å². The van der Waals surface area contributed by atoms with Crippen molar-refractivity contribution in [3.8, 4) is 11.3 Å². The highest BCUT2D eigenvalue weighted by Gasteiger charge is 2.18. The minimum absolute atomic E-state index is 0.266. The van der Waals surface area contributed by atoms with E-state index in [0.29, 0.717) is 28.8 Å². The van der Waals surface area contributed by atoms with E-state index in [4.69, 9.17) is 4.98 Å². The highest BCUT2D eigenvalue weighted by atomic mass is 19.1. The van der Waals surface area contributed by atoms with E-state index in [1.165, 1.54) is 12.1 Å². The lowest BCUT2D eigenvalue weighted by Gasteiger charge is -2.10. The third-order valence-electron chi connectivity index (χ3n) is 5.23. The van der Waals surface area contributed by atoms with Crippen molar-refractivity contribution in [2.24, 2.45) is 0 Å². The molecule has 0 fully saturated rings. The van der Waals surface area contributed by atoms with Crippen LogP contribution in [0.1, 0.15) is 21.5 Å². The number of carbonyl (C=O) groups excluding carboxylic acids is 1. The lowest BCUT2D eigenvalue weighted by Crippen LogP contribution is -2.23. The van der Waals surface area contributed by atoms with E-state index in [0.717, 1.165) is 16.7 Å². The number of carbonyl (C=O) groups is 1. The molecule has 162 valence electrons. The Morgan fingerprint density at radius 3 is 2.45 bits per heavy atom. The van der Waals surface area contributed by atoms with Crippen LogP contribution < -0.4 is 5.32 Å². The molecular formula is C25H19FN6O. The average Bonchev–Trinajstić information content (AvgIpc) is 3.26. The number of benzene rings is 1. The summed E-state index contributed by atoms with van der Waals surface area (Å²) in [7, 11) is 0. The highest BCUT2D eigenvalue weighted by molar-refractivity contribution is 6.06. The highest BCUT2D eigenvalue weighted by Crippen LogP contribution is 2.25. The van der Waals surface area contributed by atoms with Crippen molar-refractivity contribution < 1.29 is 9.18 Å². The van der Waals surface area contributed by atoms with Gasteiger partial charge in [-0.05, 0) is 47.5 Å². The van der Waals surface area contributed by atoms with Crippen LogP contribution in [-0.2, 0) is 13.1 Å². The van der Waals surface area contributed by atoms with Gasteiger partial charge in [0.1, 0.15) is 5.82 Å². The van der Waals surface area contributed by atoms with Crippen LogP contribution >= 0.6 is 0 Å². The molecule has 0 bridgehead atoms. The second kappa shape index (κ2) is 8.96. The number of nitrogens with zero attached hydrogens (tertiary/aromatic N) is 5. The summed E-state index contributed by atoms with van der Waals surface area (Å²) in [5.74, 6) is -0.583. The molecule has 0 atom stereocenters. The van der Waals surface area contributed by atoms with Gasteiger partial charge in [-0.1, -0.05) is 18.2 Å². The third-order valence-corrected chi connectivity index (χ3v) is 5.23. The van der Waals surface area contributed by atoms with Crippen molar-refractivity contribution >= 4 is 16.9 Å². The largest absolute Gasteiger partial charge is 0.348 e. The summed E-state index contributed by atoms with van der Waals surface area (Å²) in [4.78, 5) is 26.3. The third kappa shape index (κ3) is 4.45. The summed E-state index contributed by atoms with van der Waals surface area (Å²) in [6.07, 6.45) is 8.53. The maximum atomic E-state index is 13.2. The van der Waals surface area contributed by atoms with Gasteiger partial charge >= 0.3 is 0 Å². The normalized spacial score (nSPS) is 10.9. The van der Waals surface area contributed by atoms with Crippen LogP contribution in [0.5, 0.6) is 0 Å². The molecule has 4 aromatic heterocycles. The first-order valence-corrected chi connectivity index (χ1v) is 10.4. The zero-order valence-electron chi connectivity index (χ0n) is 17.5.